The molecular weight excluding hydrogens is 182 g/mol. The van der Waals surface area contributed by atoms with Gasteiger partial charge in [-0.05, 0) is 19.3 Å². The molecule has 1 saturated carbocycles. The van der Waals surface area contributed by atoms with Crippen molar-refractivity contribution in [2.24, 2.45) is 0 Å². The fraction of sp³-hybridized carbons (Fsp3) is 0.800. The Kier molecular flexibility index (Phi) is 4.59. The van der Waals surface area contributed by atoms with Gasteiger partial charge < -0.3 is 15.2 Å². The predicted molar refractivity (Wildman–Crippen MR) is 52.1 cm³/mol. The minimum Gasteiger partial charge on any atom is -0.480 e. The molecular formula is C10H17NO3. The Hall–Kier alpha value is -0.900. The molecule has 1 atom stereocenters. The second-order valence-corrected chi connectivity index (χ2v) is 3.78. The Morgan fingerprint density at radius 3 is 2.64 bits per heavy atom. The Morgan fingerprint density at radius 2 is 2.14 bits per heavy atom. The molecule has 0 aromatic rings. The molecule has 1 rings (SSSR count). The van der Waals surface area contributed by atoms with Crippen molar-refractivity contribution in [2.75, 3.05) is 0 Å². The van der Waals surface area contributed by atoms with Crippen LogP contribution in [-0.2, 0) is 9.59 Å². The lowest BCUT2D eigenvalue weighted by Crippen LogP contribution is -2.42. The number of aliphatic carboxylic acids is 1. The van der Waals surface area contributed by atoms with E-state index in [0.717, 1.165) is 19.1 Å². The van der Waals surface area contributed by atoms with E-state index in [2.05, 4.69) is 5.32 Å². The maximum absolute atomic E-state index is 10.8. The molecule has 0 heterocycles. The zero-order chi connectivity index (χ0) is 10.4. The van der Waals surface area contributed by atoms with Crippen LogP contribution in [-0.4, -0.2) is 29.4 Å². The van der Waals surface area contributed by atoms with Crippen molar-refractivity contribution in [1.82, 2.24) is 5.32 Å². The lowest BCUT2D eigenvalue weighted by Gasteiger charge is -2.18. The summed E-state index contributed by atoms with van der Waals surface area (Å²) in [6.07, 6.45) is 5.96. The average Bonchev–Trinajstić information content (AvgIpc) is 2.64. The molecule has 0 amide bonds. The van der Waals surface area contributed by atoms with Gasteiger partial charge in [0.05, 0.1) is 0 Å². The number of carbonyl (C=O) groups excluding carboxylic acids is 1. The van der Waals surface area contributed by atoms with E-state index >= 15 is 0 Å². The topological polar surface area (TPSA) is 66.4 Å². The van der Waals surface area contributed by atoms with Crippen LogP contribution in [0.15, 0.2) is 0 Å². The van der Waals surface area contributed by atoms with Gasteiger partial charge in [0.15, 0.2) is 0 Å². The molecule has 0 spiro atoms. The van der Waals surface area contributed by atoms with E-state index < -0.39 is 12.0 Å². The van der Waals surface area contributed by atoms with Crippen molar-refractivity contribution in [3.63, 3.8) is 0 Å². The zero-order valence-corrected chi connectivity index (χ0v) is 8.24. The summed E-state index contributed by atoms with van der Waals surface area (Å²) in [5.74, 6) is -0.848. The number of carboxylic acid groups (broad SMARTS) is 1. The summed E-state index contributed by atoms with van der Waals surface area (Å²) in [6.45, 7) is 0. The van der Waals surface area contributed by atoms with E-state index in [0.29, 0.717) is 18.9 Å². The van der Waals surface area contributed by atoms with Crippen molar-refractivity contribution in [3.8, 4) is 0 Å². The van der Waals surface area contributed by atoms with Gasteiger partial charge in [-0.15, -0.1) is 0 Å². The molecule has 4 heteroatoms. The summed E-state index contributed by atoms with van der Waals surface area (Å²) in [4.78, 5) is 21.0. The lowest BCUT2D eigenvalue weighted by atomic mass is 10.1. The predicted octanol–water partition coefficient (Wildman–Crippen LogP) is 0.951. The van der Waals surface area contributed by atoms with Crippen LogP contribution in [0.25, 0.3) is 0 Å². The Morgan fingerprint density at radius 1 is 1.50 bits per heavy atom. The van der Waals surface area contributed by atoms with E-state index in [4.69, 9.17) is 5.11 Å². The largest absolute Gasteiger partial charge is 0.480 e. The third-order valence-corrected chi connectivity index (χ3v) is 2.66. The molecule has 4 nitrogen and oxygen atoms in total. The van der Waals surface area contributed by atoms with Crippen LogP contribution in [0.3, 0.4) is 0 Å². The quantitative estimate of drug-likeness (QED) is 0.625. The number of carbonyl (C=O) groups is 2. The van der Waals surface area contributed by atoms with Crippen molar-refractivity contribution < 1.29 is 14.7 Å². The summed E-state index contributed by atoms with van der Waals surface area (Å²) in [5, 5.41) is 12.0. The monoisotopic (exact) mass is 199 g/mol. The molecule has 1 fully saturated rings. The van der Waals surface area contributed by atoms with Crippen LogP contribution in [0.1, 0.15) is 38.5 Å². The first-order valence-electron chi connectivity index (χ1n) is 5.16. The minimum absolute atomic E-state index is 0.316. The second-order valence-electron chi connectivity index (χ2n) is 3.78. The highest BCUT2D eigenvalue weighted by molar-refractivity contribution is 5.73. The molecule has 0 bridgehead atoms. The van der Waals surface area contributed by atoms with Gasteiger partial charge in [-0.25, -0.2) is 0 Å². The normalized spacial score (nSPS) is 19.4. The highest BCUT2D eigenvalue weighted by Crippen LogP contribution is 2.18. The molecule has 14 heavy (non-hydrogen) atoms. The Labute approximate surface area is 83.7 Å². The molecule has 0 aromatic heterocycles. The molecule has 1 aliphatic carbocycles. The average molecular weight is 199 g/mol. The van der Waals surface area contributed by atoms with Gasteiger partial charge in [0.2, 0.25) is 0 Å². The van der Waals surface area contributed by atoms with Gasteiger partial charge in [0, 0.05) is 12.5 Å². The number of carboxylic acids is 1. The van der Waals surface area contributed by atoms with Crippen LogP contribution in [0, 0.1) is 0 Å². The Bertz CT molecular complexity index is 200. The lowest BCUT2D eigenvalue weighted by molar-refractivity contribution is -0.139. The van der Waals surface area contributed by atoms with Gasteiger partial charge in [-0.1, -0.05) is 12.8 Å². The highest BCUT2D eigenvalue weighted by Gasteiger charge is 2.23. The SMILES string of the molecule is O=CCCC(NC1CCCC1)C(=O)O. The third-order valence-electron chi connectivity index (χ3n) is 2.66. The molecule has 2 N–H and O–H groups in total. The fourth-order valence-electron chi connectivity index (χ4n) is 1.89. The van der Waals surface area contributed by atoms with Crippen LogP contribution < -0.4 is 5.32 Å². The van der Waals surface area contributed by atoms with Gasteiger partial charge in [0.1, 0.15) is 12.3 Å². The standard InChI is InChI=1S/C10H17NO3/c12-7-3-6-9(10(13)14)11-8-4-1-2-5-8/h7-9,11H,1-6H2,(H,13,14). The summed E-state index contributed by atoms with van der Waals surface area (Å²) in [7, 11) is 0. The fourth-order valence-corrected chi connectivity index (χ4v) is 1.89. The Balaban J connectivity index is 2.33. The first-order chi connectivity index (χ1) is 6.74. The summed E-state index contributed by atoms with van der Waals surface area (Å²) in [6, 6.07) is -0.217. The second kappa shape index (κ2) is 5.75. The van der Waals surface area contributed by atoms with Crippen molar-refractivity contribution in [3.05, 3.63) is 0 Å². The van der Waals surface area contributed by atoms with E-state index in [9.17, 15) is 9.59 Å². The first-order valence-corrected chi connectivity index (χ1v) is 5.16. The summed E-state index contributed by atoms with van der Waals surface area (Å²) < 4.78 is 0. The van der Waals surface area contributed by atoms with Crippen molar-refractivity contribution in [1.29, 1.82) is 0 Å². The van der Waals surface area contributed by atoms with Gasteiger partial charge in [-0.3, -0.25) is 4.79 Å². The van der Waals surface area contributed by atoms with Gasteiger partial charge >= 0.3 is 5.97 Å². The van der Waals surface area contributed by atoms with E-state index in [1.165, 1.54) is 12.8 Å². The number of nitrogens with one attached hydrogen (secondary N) is 1. The summed E-state index contributed by atoms with van der Waals surface area (Å²) in [5.41, 5.74) is 0. The molecule has 0 aromatic carbocycles. The maximum Gasteiger partial charge on any atom is 0.320 e. The molecule has 1 aliphatic rings. The van der Waals surface area contributed by atoms with Crippen molar-refractivity contribution >= 4 is 12.3 Å². The van der Waals surface area contributed by atoms with Crippen LogP contribution in [0.2, 0.25) is 0 Å². The van der Waals surface area contributed by atoms with E-state index in [-0.39, 0.29) is 0 Å². The van der Waals surface area contributed by atoms with Crippen LogP contribution in [0.5, 0.6) is 0 Å². The molecule has 80 valence electrons. The number of aldehydes is 1. The van der Waals surface area contributed by atoms with Crippen LogP contribution in [0.4, 0.5) is 0 Å². The highest BCUT2D eigenvalue weighted by atomic mass is 16.4. The third kappa shape index (κ3) is 3.46. The first kappa shape index (κ1) is 11.2. The molecule has 0 saturated heterocycles. The van der Waals surface area contributed by atoms with E-state index in [1.807, 2.05) is 0 Å². The maximum atomic E-state index is 10.8. The smallest absolute Gasteiger partial charge is 0.320 e. The number of hydrogen-bond acceptors (Lipinski definition) is 3. The van der Waals surface area contributed by atoms with Gasteiger partial charge in [-0.2, -0.15) is 0 Å². The molecule has 0 radical (unpaired) electrons. The zero-order valence-electron chi connectivity index (χ0n) is 8.24. The van der Waals surface area contributed by atoms with Gasteiger partial charge in [0.25, 0.3) is 0 Å². The summed E-state index contributed by atoms with van der Waals surface area (Å²) >= 11 is 0. The van der Waals surface area contributed by atoms with E-state index in [1.54, 1.807) is 0 Å². The molecule has 0 aliphatic heterocycles. The van der Waals surface area contributed by atoms with Crippen molar-refractivity contribution in [2.45, 2.75) is 50.6 Å². The molecule has 1 unspecified atom stereocenters. The number of rotatable bonds is 6. The van der Waals surface area contributed by atoms with Crippen LogP contribution >= 0.6 is 0 Å². The number of hydrogen-bond donors (Lipinski definition) is 2. The minimum atomic E-state index is -0.848.